The number of aryl methyl sites for hydroxylation is 1. The Bertz CT molecular complexity index is 840. The van der Waals surface area contributed by atoms with E-state index in [4.69, 9.17) is 0 Å². The molecule has 25 heavy (non-hydrogen) atoms. The van der Waals surface area contributed by atoms with Gasteiger partial charge in [-0.05, 0) is 36.8 Å². The van der Waals surface area contributed by atoms with Crippen LogP contribution in [0.4, 0.5) is 0 Å². The standard InChI is InChI=1S/C21H25N3O/c1-3-15-8-6-9-18-17(13-23-20(15)18)11-16(12-22)21(25)24-19-10-5-4-7-14(19)2/h6,8-9,11,13-14,19,23H,3-5,7,10H2,1-2H3,(H,24,25)/b16-11+/t14-,19+/m1/s1. The van der Waals surface area contributed by atoms with E-state index in [1.165, 1.54) is 12.0 Å². The molecule has 0 unspecified atom stereocenters. The van der Waals surface area contributed by atoms with E-state index >= 15 is 0 Å². The maximum atomic E-state index is 12.6. The number of carbonyl (C=O) groups is 1. The van der Waals surface area contributed by atoms with Crippen molar-refractivity contribution in [2.24, 2.45) is 5.92 Å². The number of rotatable bonds is 4. The van der Waals surface area contributed by atoms with Crippen LogP contribution in [0.2, 0.25) is 0 Å². The predicted octanol–water partition coefficient (Wildman–Crippen LogP) is 4.33. The van der Waals surface area contributed by atoms with Crippen LogP contribution in [-0.2, 0) is 11.2 Å². The molecule has 1 amide bonds. The van der Waals surface area contributed by atoms with Gasteiger partial charge in [0.05, 0.1) is 0 Å². The van der Waals surface area contributed by atoms with Gasteiger partial charge >= 0.3 is 0 Å². The van der Waals surface area contributed by atoms with Crippen molar-refractivity contribution >= 4 is 22.9 Å². The zero-order valence-corrected chi connectivity index (χ0v) is 14.9. The first-order chi connectivity index (χ1) is 12.1. The Morgan fingerprint density at radius 1 is 1.40 bits per heavy atom. The molecule has 1 saturated carbocycles. The van der Waals surface area contributed by atoms with Gasteiger partial charge < -0.3 is 10.3 Å². The lowest BCUT2D eigenvalue weighted by atomic mass is 9.86. The van der Waals surface area contributed by atoms with Crippen LogP contribution < -0.4 is 5.32 Å². The Kier molecular flexibility index (Phi) is 5.23. The van der Waals surface area contributed by atoms with Crippen LogP contribution in [0.1, 0.15) is 50.7 Å². The molecule has 4 nitrogen and oxygen atoms in total. The van der Waals surface area contributed by atoms with Crippen molar-refractivity contribution in [3.05, 3.63) is 41.1 Å². The normalized spacial score (nSPS) is 21.1. The SMILES string of the molecule is CCc1cccc2c(/C=C(\C#N)C(=O)N[C@H]3CCCC[C@H]3C)c[nH]c12. The molecule has 0 saturated heterocycles. The zero-order valence-electron chi connectivity index (χ0n) is 14.9. The number of hydrogen-bond acceptors (Lipinski definition) is 2. The van der Waals surface area contributed by atoms with Gasteiger partial charge in [-0.3, -0.25) is 4.79 Å². The van der Waals surface area contributed by atoms with Crippen molar-refractivity contribution in [3.8, 4) is 6.07 Å². The number of H-pyrrole nitrogens is 1. The number of hydrogen-bond donors (Lipinski definition) is 2. The highest BCUT2D eigenvalue weighted by atomic mass is 16.1. The van der Waals surface area contributed by atoms with E-state index < -0.39 is 0 Å². The van der Waals surface area contributed by atoms with Crippen molar-refractivity contribution in [1.82, 2.24) is 10.3 Å². The van der Waals surface area contributed by atoms with Crippen molar-refractivity contribution in [1.29, 1.82) is 5.26 Å². The van der Waals surface area contributed by atoms with Gasteiger partial charge in [-0.2, -0.15) is 5.26 Å². The third-order valence-corrected chi connectivity index (χ3v) is 5.31. The maximum absolute atomic E-state index is 12.6. The Hall–Kier alpha value is -2.54. The lowest BCUT2D eigenvalue weighted by Gasteiger charge is -2.29. The molecule has 0 radical (unpaired) electrons. The summed E-state index contributed by atoms with van der Waals surface area (Å²) in [6.45, 7) is 4.29. The third kappa shape index (κ3) is 3.61. The largest absolute Gasteiger partial charge is 0.360 e. The van der Waals surface area contributed by atoms with Crippen molar-refractivity contribution < 1.29 is 4.79 Å². The van der Waals surface area contributed by atoms with Crippen molar-refractivity contribution in [3.63, 3.8) is 0 Å². The van der Waals surface area contributed by atoms with Crippen LogP contribution in [0.5, 0.6) is 0 Å². The lowest BCUT2D eigenvalue weighted by molar-refractivity contribution is -0.118. The highest BCUT2D eigenvalue weighted by molar-refractivity contribution is 6.04. The topological polar surface area (TPSA) is 68.7 Å². The summed E-state index contributed by atoms with van der Waals surface area (Å²) < 4.78 is 0. The molecule has 1 aromatic carbocycles. The Balaban J connectivity index is 1.85. The number of amides is 1. The molecule has 1 heterocycles. The number of nitrogens with one attached hydrogen (secondary N) is 2. The molecule has 4 heteroatoms. The second-order valence-corrected chi connectivity index (χ2v) is 6.95. The van der Waals surface area contributed by atoms with Crippen molar-refractivity contribution in [2.75, 3.05) is 0 Å². The van der Waals surface area contributed by atoms with Gasteiger partial charge in [0, 0.05) is 28.7 Å². The van der Waals surface area contributed by atoms with E-state index in [0.717, 1.165) is 42.1 Å². The van der Waals surface area contributed by atoms with Gasteiger partial charge in [0.25, 0.3) is 5.91 Å². The van der Waals surface area contributed by atoms with E-state index in [1.807, 2.05) is 18.3 Å². The molecule has 0 aliphatic heterocycles. The molecule has 3 rings (SSSR count). The quantitative estimate of drug-likeness (QED) is 0.645. The van der Waals surface area contributed by atoms with Crippen LogP contribution in [0.25, 0.3) is 17.0 Å². The molecule has 0 bridgehead atoms. The van der Waals surface area contributed by atoms with E-state index in [9.17, 15) is 10.1 Å². The molecule has 2 N–H and O–H groups in total. The monoisotopic (exact) mass is 335 g/mol. The first-order valence-corrected chi connectivity index (χ1v) is 9.15. The van der Waals surface area contributed by atoms with Gasteiger partial charge in [-0.25, -0.2) is 0 Å². The minimum absolute atomic E-state index is 0.167. The number of nitrogens with zero attached hydrogens (tertiary/aromatic N) is 1. The molecule has 2 atom stereocenters. The summed E-state index contributed by atoms with van der Waals surface area (Å²) in [6.07, 6.45) is 9.01. The second kappa shape index (κ2) is 7.57. The van der Waals surface area contributed by atoms with E-state index in [1.54, 1.807) is 6.08 Å². The average Bonchev–Trinajstić information content (AvgIpc) is 3.04. The van der Waals surface area contributed by atoms with Crippen LogP contribution in [0.3, 0.4) is 0 Å². The molecule has 1 aliphatic rings. The number of fused-ring (bicyclic) bond motifs is 1. The number of para-hydroxylation sites is 1. The third-order valence-electron chi connectivity index (χ3n) is 5.31. The van der Waals surface area contributed by atoms with Crippen LogP contribution in [-0.4, -0.2) is 16.9 Å². The Morgan fingerprint density at radius 2 is 2.20 bits per heavy atom. The summed E-state index contributed by atoms with van der Waals surface area (Å²) >= 11 is 0. The average molecular weight is 335 g/mol. The minimum atomic E-state index is -0.262. The Morgan fingerprint density at radius 3 is 2.92 bits per heavy atom. The lowest BCUT2D eigenvalue weighted by Crippen LogP contribution is -2.41. The van der Waals surface area contributed by atoms with E-state index in [-0.39, 0.29) is 17.5 Å². The number of aromatic amines is 1. The van der Waals surface area contributed by atoms with Crippen LogP contribution in [0, 0.1) is 17.2 Å². The van der Waals surface area contributed by atoms with Gasteiger partial charge in [0.1, 0.15) is 11.6 Å². The summed E-state index contributed by atoms with van der Waals surface area (Å²) in [5.41, 5.74) is 3.36. The molecule has 1 aliphatic carbocycles. The zero-order chi connectivity index (χ0) is 17.8. The predicted molar refractivity (Wildman–Crippen MR) is 101 cm³/mol. The first kappa shape index (κ1) is 17.3. The van der Waals surface area contributed by atoms with Gasteiger partial charge in [0.15, 0.2) is 0 Å². The summed E-state index contributed by atoms with van der Waals surface area (Å²) in [5.74, 6) is 0.208. The van der Waals surface area contributed by atoms with Crippen LogP contribution in [0.15, 0.2) is 30.0 Å². The fraction of sp³-hybridized carbons (Fsp3) is 0.429. The summed E-state index contributed by atoms with van der Waals surface area (Å²) in [6, 6.07) is 8.38. The van der Waals surface area contributed by atoms with Crippen molar-refractivity contribution in [2.45, 2.75) is 52.0 Å². The number of nitriles is 1. The number of carbonyl (C=O) groups excluding carboxylic acids is 1. The molecule has 0 spiro atoms. The van der Waals surface area contributed by atoms with E-state index in [2.05, 4.69) is 36.3 Å². The molecular weight excluding hydrogens is 310 g/mol. The molecular formula is C21H25N3O. The molecule has 1 aromatic heterocycles. The molecule has 130 valence electrons. The van der Waals surface area contributed by atoms with Gasteiger partial charge in [0.2, 0.25) is 0 Å². The fourth-order valence-electron chi connectivity index (χ4n) is 3.73. The number of aromatic nitrogens is 1. The maximum Gasteiger partial charge on any atom is 0.262 e. The molecule has 1 fully saturated rings. The first-order valence-electron chi connectivity index (χ1n) is 9.15. The summed E-state index contributed by atoms with van der Waals surface area (Å²) in [7, 11) is 0. The Labute approximate surface area is 148 Å². The summed E-state index contributed by atoms with van der Waals surface area (Å²) in [4.78, 5) is 15.8. The second-order valence-electron chi connectivity index (χ2n) is 6.95. The highest BCUT2D eigenvalue weighted by Crippen LogP contribution is 2.26. The number of benzene rings is 1. The fourth-order valence-corrected chi connectivity index (χ4v) is 3.73. The molecule has 2 aromatic rings. The summed E-state index contributed by atoms with van der Waals surface area (Å²) in [5, 5.41) is 13.6. The highest BCUT2D eigenvalue weighted by Gasteiger charge is 2.24. The van der Waals surface area contributed by atoms with Gasteiger partial charge in [-0.1, -0.05) is 44.9 Å². The van der Waals surface area contributed by atoms with Crippen LogP contribution >= 0.6 is 0 Å². The van der Waals surface area contributed by atoms with Gasteiger partial charge in [-0.15, -0.1) is 0 Å². The van der Waals surface area contributed by atoms with E-state index in [0.29, 0.717) is 5.92 Å². The minimum Gasteiger partial charge on any atom is -0.360 e. The smallest absolute Gasteiger partial charge is 0.262 e.